The Morgan fingerprint density at radius 1 is 1.58 bits per heavy atom. The fraction of sp³-hybridized carbons (Fsp3) is 0.667. The molecule has 1 aliphatic rings. The molecule has 1 aromatic heterocycles. The minimum atomic E-state index is 0.0228. The van der Waals surface area contributed by atoms with E-state index in [-0.39, 0.29) is 5.60 Å². The summed E-state index contributed by atoms with van der Waals surface area (Å²) in [7, 11) is 1.66. The monoisotopic (exact) mass is 264 g/mol. The van der Waals surface area contributed by atoms with Crippen LogP contribution in [-0.4, -0.2) is 30.3 Å². The van der Waals surface area contributed by atoms with Crippen LogP contribution in [0.5, 0.6) is 5.88 Å². The van der Waals surface area contributed by atoms with Crippen molar-refractivity contribution < 1.29 is 9.47 Å². The molecule has 0 amide bonds. The Morgan fingerprint density at radius 2 is 2.42 bits per heavy atom. The zero-order chi connectivity index (χ0) is 13.7. The number of rotatable bonds is 5. The third-order valence-corrected chi connectivity index (χ3v) is 3.97. The Labute approximate surface area is 115 Å². The van der Waals surface area contributed by atoms with Gasteiger partial charge in [-0.2, -0.15) is 0 Å². The largest absolute Gasteiger partial charge is 0.481 e. The first-order chi connectivity index (χ1) is 9.17. The summed E-state index contributed by atoms with van der Waals surface area (Å²) in [6, 6.07) is 4.50. The van der Waals surface area contributed by atoms with Crippen molar-refractivity contribution in [3.8, 4) is 5.88 Å². The molecule has 4 nitrogen and oxygen atoms in total. The highest BCUT2D eigenvalue weighted by molar-refractivity contribution is 5.25. The molecule has 2 rings (SSSR count). The number of methoxy groups -OCH3 is 1. The predicted octanol–water partition coefficient (Wildman–Crippen LogP) is 2.53. The summed E-state index contributed by atoms with van der Waals surface area (Å²) in [5.41, 5.74) is 1.13. The van der Waals surface area contributed by atoms with Gasteiger partial charge in [0.25, 0.3) is 0 Å². The quantitative estimate of drug-likeness (QED) is 0.887. The maximum atomic E-state index is 5.86. The minimum absolute atomic E-state index is 0.0228. The highest BCUT2D eigenvalue weighted by Gasteiger charge is 2.31. The predicted molar refractivity (Wildman–Crippen MR) is 75.3 cm³/mol. The number of pyridine rings is 1. The molecule has 2 atom stereocenters. The summed E-state index contributed by atoms with van der Waals surface area (Å²) in [6.45, 7) is 6.02. The van der Waals surface area contributed by atoms with Gasteiger partial charge >= 0.3 is 0 Å². The van der Waals surface area contributed by atoms with Crippen LogP contribution >= 0.6 is 0 Å². The van der Waals surface area contributed by atoms with E-state index in [0.29, 0.717) is 11.9 Å². The molecule has 4 heteroatoms. The highest BCUT2D eigenvalue weighted by Crippen LogP contribution is 2.28. The zero-order valence-corrected chi connectivity index (χ0v) is 12.1. The van der Waals surface area contributed by atoms with Crippen molar-refractivity contribution in [3.63, 3.8) is 0 Å². The van der Waals surface area contributed by atoms with Gasteiger partial charge in [0, 0.05) is 31.0 Å². The van der Waals surface area contributed by atoms with Crippen molar-refractivity contribution in [3.05, 3.63) is 23.9 Å². The molecule has 2 heterocycles. The molecular formula is C15H24N2O2. The van der Waals surface area contributed by atoms with Gasteiger partial charge in [-0.1, -0.05) is 13.0 Å². The van der Waals surface area contributed by atoms with E-state index in [1.807, 2.05) is 6.07 Å². The van der Waals surface area contributed by atoms with Crippen LogP contribution in [0.25, 0.3) is 0 Å². The smallest absolute Gasteiger partial charge is 0.217 e. The standard InChI is InChI=1S/C15H24N2O2/c1-4-15(2)10-13(7-9-19-15)17-11-12-6-5-8-16-14(12)18-3/h5-6,8,13,17H,4,7,9-11H2,1-3H3. The first-order valence-corrected chi connectivity index (χ1v) is 7.02. The fourth-order valence-electron chi connectivity index (χ4n) is 2.55. The van der Waals surface area contributed by atoms with Crippen LogP contribution in [0.2, 0.25) is 0 Å². The molecule has 106 valence electrons. The summed E-state index contributed by atoms with van der Waals surface area (Å²) in [6.07, 6.45) is 4.94. The minimum Gasteiger partial charge on any atom is -0.481 e. The topological polar surface area (TPSA) is 43.4 Å². The number of aromatic nitrogens is 1. The van der Waals surface area contributed by atoms with E-state index < -0.39 is 0 Å². The molecule has 0 aliphatic carbocycles. The van der Waals surface area contributed by atoms with Crippen molar-refractivity contribution in [2.24, 2.45) is 0 Å². The second kappa shape index (κ2) is 6.35. The first-order valence-electron chi connectivity index (χ1n) is 7.02. The van der Waals surface area contributed by atoms with Crippen LogP contribution < -0.4 is 10.1 Å². The van der Waals surface area contributed by atoms with E-state index in [2.05, 4.69) is 30.2 Å². The summed E-state index contributed by atoms with van der Waals surface area (Å²) in [5.74, 6) is 0.709. The van der Waals surface area contributed by atoms with E-state index in [1.54, 1.807) is 13.3 Å². The van der Waals surface area contributed by atoms with E-state index >= 15 is 0 Å². The van der Waals surface area contributed by atoms with E-state index in [9.17, 15) is 0 Å². The van der Waals surface area contributed by atoms with E-state index in [4.69, 9.17) is 9.47 Å². The Kier molecular flexibility index (Phi) is 4.77. The van der Waals surface area contributed by atoms with Crippen LogP contribution in [0.15, 0.2) is 18.3 Å². The van der Waals surface area contributed by atoms with Gasteiger partial charge in [-0.15, -0.1) is 0 Å². The highest BCUT2D eigenvalue weighted by atomic mass is 16.5. The number of ether oxygens (including phenoxy) is 2. The summed E-state index contributed by atoms with van der Waals surface area (Å²) >= 11 is 0. The van der Waals surface area contributed by atoms with E-state index in [1.165, 1.54) is 0 Å². The molecule has 0 aromatic carbocycles. The second-order valence-corrected chi connectivity index (χ2v) is 5.39. The first kappa shape index (κ1) is 14.3. The fourth-order valence-corrected chi connectivity index (χ4v) is 2.55. The van der Waals surface area contributed by atoms with Crippen molar-refractivity contribution in [1.82, 2.24) is 10.3 Å². The molecule has 0 saturated carbocycles. The molecule has 0 radical (unpaired) electrons. The van der Waals surface area contributed by atoms with Gasteiger partial charge in [-0.25, -0.2) is 4.98 Å². The molecule has 1 fully saturated rings. The summed E-state index contributed by atoms with van der Waals surface area (Å²) < 4.78 is 11.1. The maximum absolute atomic E-state index is 5.86. The number of nitrogens with one attached hydrogen (secondary N) is 1. The van der Waals surface area contributed by atoms with Crippen molar-refractivity contribution in [2.75, 3.05) is 13.7 Å². The van der Waals surface area contributed by atoms with Crippen molar-refractivity contribution >= 4 is 0 Å². The molecule has 1 N–H and O–H groups in total. The molecule has 0 bridgehead atoms. The SMILES string of the molecule is CCC1(C)CC(NCc2cccnc2OC)CCO1. The second-order valence-electron chi connectivity index (χ2n) is 5.39. The number of hydrogen-bond donors (Lipinski definition) is 1. The number of nitrogens with zero attached hydrogens (tertiary/aromatic N) is 1. The summed E-state index contributed by atoms with van der Waals surface area (Å²) in [4.78, 5) is 4.22. The van der Waals surface area contributed by atoms with Crippen LogP contribution in [0.3, 0.4) is 0 Å². The van der Waals surface area contributed by atoms with Crippen LogP contribution in [0, 0.1) is 0 Å². The average Bonchev–Trinajstić information content (AvgIpc) is 2.45. The van der Waals surface area contributed by atoms with Gasteiger partial charge < -0.3 is 14.8 Å². The maximum Gasteiger partial charge on any atom is 0.217 e. The zero-order valence-electron chi connectivity index (χ0n) is 12.1. The van der Waals surface area contributed by atoms with Gasteiger partial charge in [-0.3, -0.25) is 0 Å². The Bertz CT molecular complexity index is 411. The third-order valence-electron chi connectivity index (χ3n) is 3.97. The van der Waals surface area contributed by atoms with E-state index in [0.717, 1.165) is 38.0 Å². The lowest BCUT2D eigenvalue weighted by Crippen LogP contribution is -2.44. The lowest BCUT2D eigenvalue weighted by Gasteiger charge is -2.38. The van der Waals surface area contributed by atoms with Gasteiger partial charge in [-0.05, 0) is 32.3 Å². The molecule has 0 spiro atoms. The van der Waals surface area contributed by atoms with Crippen molar-refractivity contribution in [2.45, 2.75) is 51.3 Å². The Hall–Kier alpha value is -1.13. The van der Waals surface area contributed by atoms with Gasteiger partial charge in [0.05, 0.1) is 12.7 Å². The average molecular weight is 264 g/mol. The lowest BCUT2D eigenvalue weighted by atomic mass is 9.90. The lowest BCUT2D eigenvalue weighted by molar-refractivity contribution is -0.0781. The van der Waals surface area contributed by atoms with Crippen LogP contribution in [0.4, 0.5) is 0 Å². The van der Waals surface area contributed by atoms with Gasteiger partial charge in [0.15, 0.2) is 0 Å². The van der Waals surface area contributed by atoms with Crippen LogP contribution in [-0.2, 0) is 11.3 Å². The number of hydrogen-bond acceptors (Lipinski definition) is 4. The molecule has 2 unspecified atom stereocenters. The molecule has 19 heavy (non-hydrogen) atoms. The normalized spacial score (nSPS) is 27.2. The molecule has 1 saturated heterocycles. The Balaban J connectivity index is 1.91. The molecule has 1 aliphatic heterocycles. The summed E-state index contributed by atoms with van der Waals surface area (Å²) in [5, 5.41) is 3.60. The van der Waals surface area contributed by atoms with Crippen molar-refractivity contribution in [1.29, 1.82) is 0 Å². The third kappa shape index (κ3) is 3.67. The molecular weight excluding hydrogens is 240 g/mol. The van der Waals surface area contributed by atoms with Gasteiger partial charge in [0.2, 0.25) is 5.88 Å². The van der Waals surface area contributed by atoms with Gasteiger partial charge in [0.1, 0.15) is 0 Å². The molecule has 1 aromatic rings. The Morgan fingerprint density at radius 3 is 3.16 bits per heavy atom. The van der Waals surface area contributed by atoms with Crippen LogP contribution in [0.1, 0.15) is 38.7 Å².